The summed E-state index contributed by atoms with van der Waals surface area (Å²) in [4.78, 5) is 0.700. The van der Waals surface area contributed by atoms with Crippen molar-refractivity contribution in [3.05, 3.63) is 16.3 Å². The van der Waals surface area contributed by atoms with Gasteiger partial charge in [-0.2, -0.15) is 4.31 Å². The SMILES string of the molecule is CCC(CC)N(CCOC)S(=O)(=O)c1ccsc1CO. The maximum Gasteiger partial charge on any atom is 0.244 e. The van der Waals surface area contributed by atoms with Crippen LogP contribution in [-0.2, 0) is 21.4 Å². The number of sulfonamides is 1. The van der Waals surface area contributed by atoms with Gasteiger partial charge in [-0.15, -0.1) is 11.3 Å². The Labute approximate surface area is 125 Å². The van der Waals surface area contributed by atoms with E-state index in [0.717, 1.165) is 12.8 Å². The van der Waals surface area contributed by atoms with Gasteiger partial charge in [0.15, 0.2) is 0 Å². The van der Waals surface area contributed by atoms with Crippen LogP contribution in [0.3, 0.4) is 0 Å². The summed E-state index contributed by atoms with van der Waals surface area (Å²) in [5.41, 5.74) is 0. The topological polar surface area (TPSA) is 66.8 Å². The number of aliphatic hydroxyl groups is 1. The molecule has 1 aromatic heterocycles. The third-order valence-corrected chi connectivity index (χ3v) is 6.37. The lowest BCUT2D eigenvalue weighted by Gasteiger charge is -2.29. The Morgan fingerprint density at radius 3 is 2.55 bits per heavy atom. The van der Waals surface area contributed by atoms with Gasteiger partial charge in [0.05, 0.1) is 18.1 Å². The van der Waals surface area contributed by atoms with Gasteiger partial charge < -0.3 is 9.84 Å². The smallest absolute Gasteiger partial charge is 0.244 e. The van der Waals surface area contributed by atoms with Crippen LogP contribution in [-0.4, -0.2) is 44.1 Å². The van der Waals surface area contributed by atoms with Crippen molar-refractivity contribution in [2.75, 3.05) is 20.3 Å². The lowest BCUT2D eigenvalue weighted by Crippen LogP contribution is -2.41. The first-order chi connectivity index (χ1) is 9.52. The second-order valence-electron chi connectivity index (χ2n) is 4.45. The predicted molar refractivity (Wildman–Crippen MR) is 80.4 cm³/mol. The Bertz CT molecular complexity index is 494. The highest BCUT2D eigenvalue weighted by atomic mass is 32.2. The first-order valence-electron chi connectivity index (χ1n) is 6.70. The minimum atomic E-state index is -3.59. The molecule has 1 N–H and O–H groups in total. The summed E-state index contributed by atoms with van der Waals surface area (Å²) in [6, 6.07) is 1.51. The Kier molecular flexibility index (Phi) is 7.11. The van der Waals surface area contributed by atoms with Crippen molar-refractivity contribution in [3.63, 3.8) is 0 Å². The van der Waals surface area contributed by atoms with Crippen LogP contribution in [0.25, 0.3) is 0 Å². The van der Waals surface area contributed by atoms with Gasteiger partial charge in [0.2, 0.25) is 10.0 Å². The molecule has 0 radical (unpaired) electrons. The number of aliphatic hydroxyl groups excluding tert-OH is 1. The molecule has 0 amide bonds. The van der Waals surface area contributed by atoms with E-state index >= 15 is 0 Å². The van der Waals surface area contributed by atoms with Crippen molar-refractivity contribution >= 4 is 21.4 Å². The molecule has 0 aliphatic rings. The quantitative estimate of drug-likeness (QED) is 0.756. The summed E-state index contributed by atoms with van der Waals surface area (Å²) in [6.45, 7) is 4.38. The number of nitrogens with zero attached hydrogens (tertiary/aromatic N) is 1. The standard InChI is InChI=1S/C13H23NO4S2/c1-4-11(5-2)14(7-8-18-3)20(16,17)13-6-9-19-12(13)10-15/h6,9,11,15H,4-5,7-8,10H2,1-3H3. The van der Waals surface area contributed by atoms with Crippen molar-refractivity contribution in [2.45, 2.75) is 44.2 Å². The molecular formula is C13H23NO4S2. The summed E-state index contributed by atoms with van der Waals surface area (Å²) >= 11 is 1.26. The van der Waals surface area contributed by atoms with Crippen molar-refractivity contribution < 1.29 is 18.3 Å². The molecule has 0 spiro atoms. The van der Waals surface area contributed by atoms with Crippen molar-refractivity contribution in [2.24, 2.45) is 0 Å². The van der Waals surface area contributed by atoms with Crippen molar-refractivity contribution in [3.8, 4) is 0 Å². The minimum absolute atomic E-state index is 0.0541. The van der Waals surface area contributed by atoms with E-state index in [1.54, 1.807) is 18.6 Å². The summed E-state index contributed by atoms with van der Waals surface area (Å²) in [5.74, 6) is 0. The maximum atomic E-state index is 12.8. The van der Waals surface area contributed by atoms with Crippen LogP contribution < -0.4 is 0 Å². The molecule has 0 fully saturated rings. The largest absolute Gasteiger partial charge is 0.391 e. The number of ether oxygens (including phenoxy) is 1. The Balaban J connectivity index is 3.16. The van der Waals surface area contributed by atoms with Gasteiger partial charge in [0, 0.05) is 24.6 Å². The Morgan fingerprint density at radius 2 is 2.05 bits per heavy atom. The minimum Gasteiger partial charge on any atom is -0.391 e. The number of methoxy groups -OCH3 is 1. The van der Waals surface area contributed by atoms with E-state index in [0.29, 0.717) is 18.0 Å². The van der Waals surface area contributed by atoms with Gasteiger partial charge in [0.25, 0.3) is 0 Å². The van der Waals surface area contributed by atoms with Gasteiger partial charge >= 0.3 is 0 Å². The average molecular weight is 321 g/mol. The number of hydrogen-bond donors (Lipinski definition) is 1. The molecule has 0 unspecified atom stereocenters. The molecule has 0 atom stereocenters. The van der Waals surface area contributed by atoms with Gasteiger partial charge in [-0.1, -0.05) is 13.8 Å². The van der Waals surface area contributed by atoms with E-state index in [1.165, 1.54) is 15.6 Å². The van der Waals surface area contributed by atoms with Gasteiger partial charge in [0.1, 0.15) is 0 Å². The first-order valence-corrected chi connectivity index (χ1v) is 9.02. The molecule has 7 heteroatoms. The van der Waals surface area contributed by atoms with Crippen LogP contribution in [0.4, 0.5) is 0 Å². The molecule has 5 nitrogen and oxygen atoms in total. The van der Waals surface area contributed by atoms with E-state index in [-0.39, 0.29) is 17.5 Å². The highest BCUT2D eigenvalue weighted by molar-refractivity contribution is 7.89. The average Bonchev–Trinajstić information content (AvgIpc) is 2.92. The van der Waals surface area contributed by atoms with Crippen LogP contribution in [0, 0.1) is 0 Å². The summed E-state index contributed by atoms with van der Waals surface area (Å²) in [5, 5.41) is 11.0. The zero-order valence-corrected chi connectivity index (χ0v) is 13.8. The molecule has 1 rings (SSSR count). The first kappa shape index (κ1) is 17.6. The third kappa shape index (κ3) is 3.79. The number of rotatable bonds is 9. The van der Waals surface area contributed by atoms with E-state index < -0.39 is 10.0 Å². The van der Waals surface area contributed by atoms with Crippen LogP contribution in [0.5, 0.6) is 0 Å². The van der Waals surface area contributed by atoms with E-state index in [2.05, 4.69) is 0 Å². The summed E-state index contributed by atoms with van der Waals surface area (Å²) < 4.78 is 32.1. The molecule has 116 valence electrons. The summed E-state index contributed by atoms with van der Waals surface area (Å²) in [6.07, 6.45) is 1.50. The van der Waals surface area contributed by atoms with E-state index in [4.69, 9.17) is 4.74 Å². The fourth-order valence-electron chi connectivity index (χ4n) is 2.18. The van der Waals surface area contributed by atoms with Crippen LogP contribution in [0.2, 0.25) is 0 Å². The van der Waals surface area contributed by atoms with Gasteiger partial charge in [-0.25, -0.2) is 8.42 Å². The van der Waals surface area contributed by atoms with Gasteiger partial charge in [-0.3, -0.25) is 0 Å². The van der Waals surface area contributed by atoms with Crippen LogP contribution >= 0.6 is 11.3 Å². The summed E-state index contributed by atoms with van der Waals surface area (Å²) in [7, 11) is -2.04. The Morgan fingerprint density at radius 1 is 1.40 bits per heavy atom. The molecule has 0 saturated carbocycles. The molecule has 0 aromatic carbocycles. The molecule has 1 aromatic rings. The van der Waals surface area contributed by atoms with Crippen LogP contribution in [0.15, 0.2) is 16.3 Å². The molecule has 0 bridgehead atoms. The van der Waals surface area contributed by atoms with Crippen molar-refractivity contribution in [1.29, 1.82) is 0 Å². The van der Waals surface area contributed by atoms with E-state index in [1.807, 2.05) is 13.8 Å². The highest BCUT2D eigenvalue weighted by Gasteiger charge is 2.31. The molecular weight excluding hydrogens is 298 g/mol. The molecule has 0 aliphatic carbocycles. The lowest BCUT2D eigenvalue weighted by atomic mass is 10.2. The monoisotopic (exact) mass is 321 g/mol. The number of hydrogen-bond acceptors (Lipinski definition) is 5. The van der Waals surface area contributed by atoms with Gasteiger partial charge in [-0.05, 0) is 24.3 Å². The Hall–Kier alpha value is -0.470. The van der Waals surface area contributed by atoms with E-state index in [9.17, 15) is 13.5 Å². The maximum absolute atomic E-state index is 12.8. The molecule has 1 heterocycles. The molecule has 0 aliphatic heterocycles. The highest BCUT2D eigenvalue weighted by Crippen LogP contribution is 2.27. The van der Waals surface area contributed by atoms with Crippen LogP contribution in [0.1, 0.15) is 31.6 Å². The lowest BCUT2D eigenvalue weighted by molar-refractivity contribution is 0.163. The number of thiophene rings is 1. The predicted octanol–water partition coefficient (Wildman–Crippen LogP) is 2.07. The zero-order valence-electron chi connectivity index (χ0n) is 12.2. The normalized spacial score (nSPS) is 12.5. The molecule has 0 saturated heterocycles. The molecule has 20 heavy (non-hydrogen) atoms. The second-order valence-corrected chi connectivity index (χ2v) is 7.30. The zero-order chi connectivity index (χ0) is 15.2. The fraction of sp³-hybridized carbons (Fsp3) is 0.692. The fourth-order valence-corrected chi connectivity index (χ4v) is 5.20. The second kappa shape index (κ2) is 8.09. The van der Waals surface area contributed by atoms with Crippen molar-refractivity contribution in [1.82, 2.24) is 4.31 Å². The third-order valence-electron chi connectivity index (χ3n) is 3.30.